The molecule has 0 radical (unpaired) electrons. The molecule has 0 aromatic carbocycles. The van der Waals surface area contributed by atoms with Crippen LogP contribution in [0.15, 0.2) is 0 Å². The summed E-state index contributed by atoms with van der Waals surface area (Å²) in [7, 11) is -3.11. The van der Waals surface area contributed by atoms with Crippen LogP contribution < -0.4 is 4.90 Å². The Balaban J connectivity index is 2.09. The molecule has 6 nitrogen and oxygen atoms in total. The fraction of sp³-hybridized carbons (Fsp3) is 0.667. The standard InChI is InChI=1S/C12H19N3O3S2/c1-3-4-10-11(9-16)19-12(13-10)14-5-7-15(8-6-14)20(2,17)18/h9H,3-8H2,1-2H3. The van der Waals surface area contributed by atoms with Crippen molar-refractivity contribution in [2.45, 2.75) is 19.8 Å². The Morgan fingerprint density at radius 2 is 1.95 bits per heavy atom. The summed E-state index contributed by atoms with van der Waals surface area (Å²) in [5, 5.41) is 0.823. The first-order valence-corrected chi connectivity index (χ1v) is 9.27. The van der Waals surface area contributed by atoms with Gasteiger partial charge in [-0.1, -0.05) is 24.7 Å². The number of thiazole rings is 1. The smallest absolute Gasteiger partial charge is 0.211 e. The van der Waals surface area contributed by atoms with Crippen molar-refractivity contribution in [1.82, 2.24) is 9.29 Å². The lowest BCUT2D eigenvalue weighted by Gasteiger charge is -2.32. The van der Waals surface area contributed by atoms with E-state index in [2.05, 4.69) is 16.8 Å². The second kappa shape index (κ2) is 6.19. The highest BCUT2D eigenvalue weighted by atomic mass is 32.2. The maximum Gasteiger partial charge on any atom is 0.211 e. The molecule has 112 valence electrons. The van der Waals surface area contributed by atoms with E-state index in [-0.39, 0.29) is 0 Å². The molecule has 0 aliphatic carbocycles. The van der Waals surface area contributed by atoms with E-state index in [1.54, 1.807) is 0 Å². The molecule has 1 aromatic rings. The second-order valence-corrected chi connectivity index (χ2v) is 7.82. The maximum absolute atomic E-state index is 11.5. The normalized spacial score (nSPS) is 17.4. The van der Waals surface area contributed by atoms with Crippen molar-refractivity contribution < 1.29 is 13.2 Å². The van der Waals surface area contributed by atoms with Crippen LogP contribution in [0.2, 0.25) is 0 Å². The quantitative estimate of drug-likeness (QED) is 0.757. The van der Waals surface area contributed by atoms with E-state index in [4.69, 9.17) is 0 Å². The summed E-state index contributed by atoms with van der Waals surface area (Å²) < 4.78 is 24.4. The first kappa shape index (κ1) is 15.4. The predicted octanol–water partition coefficient (Wildman–Crippen LogP) is 0.990. The van der Waals surface area contributed by atoms with Crippen LogP contribution in [0.4, 0.5) is 5.13 Å². The highest BCUT2D eigenvalue weighted by Crippen LogP contribution is 2.27. The summed E-state index contributed by atoms with van der Waals surface area (Å²) in [5.41, 5.74) is 0.855. The number of anilines is 1. The van der Waals surface area contributed by atoms with E-state index in [1.165, 1.54) is 21.9 Å². The van der Waals surface area contributed by atoms with Gasteiger partial charge in [0.05, 0.1) is 16.8 Å². The minimum atomic E-state index is -3.11. The van der Waals surface area contributed by atoms with Gasteiger partial charge in [-0.3, -0.25) is 4.79 Å². The van der Waals surface area contributed by atoms with E-state index < -0.39 is 10.0 Å². The van der Waals surface area contributed by atoms with Crippen molar-refractivity contribution in [1.29, 1.82) is 0 Å². The topological polar surface area (TPSA) is 70.6 Å². The monoisotopic (exact) mass is 317 g/mol. The van der Waals surface area contributed by atoms with Crippen molar-refractivity contribution in [3.05, 3.63) is 10.6 Å². The van der Waals surface area contributed by atoms with Crippen molar-refractivity contribution in [3.8, 4) is 0 Å². The molecule has 2 heterocycles. The summed E-state index contributed by atoms with van der Waals surface area (Å²) in [6, 6.07) is 0. The molecule has 1 aromatic heterocycles. The highest BCUT2D eigenvalue weighted by Gasteiger charge is 2.25. The predicted molar refractivity (Wildman–Crippen MR) is 80.1 cm³/mol. The number of hydrogen-bond donors (Lipinski definition) is 0. The molecule has 0 unspecified atom stereocenters. The average molecular weight is 317 g/mol. The maximum atomic E-state index is 11.5. The SMILES string of the molecule is CCCc1nc(N2CCN(S(C)(=O)=O)CC2)sc1C=O. The molecule has 0 spiro atoms. The van der Waals surface area contributed by atoms with Crippen LogP contribution >= 0.6 is 11.3 Å². The summed E-state index contributed by atoms with van der Waals surface area (Å²) in [5.74, 6) is 0. The van der Waals surface area contributed by atoms with Crippen LogP contribution in [0.25, 0.3) is 0 Å². The van der Waals surface area contributed by atoms with Gasteiger partial charge in [0.25, 0.3) is 0 Å². The molecule has 0 amide bonds. The number of aromatic nitrogens is 1. The van der Waals surface area contributed by atoms with Crippen molar-refractivity contribution in [3.63, 3.8) is 0 Å². The highest BCUT2D eigenvalue weighted by molar-refractivity contribution is 7.88. The zero-order valence-electron chi connectivity index (χ0n) is 11.7. The Morgan fingerprint density at radius 1 is 1.30 bits per heavy atom. The zero-order chi connectivity index (χ0) is 14.8. The number of aldehydes is 1. The molecule has 1 fully saturated rings. The Kier molecular flexibility index (Phi) is 4.77. The number of rotatable bonds is 5. The van der Waals surface area contributed by atoms with Crippen molar-refractivity contribution in [2.24, 2.45) is 0 Å². The average Bonchev–Trinajstić information content (AvgIpc) is 2.81. The van der Waals surface area contributed by atoms with Crippen LogP contribution in [0.3, 0.4) is 0 Å². The fourth-order valence-electron chi connectivity index (χ4n) is 2.20. The molecule has 0 atom stereocenters. The Morgan fingerprint density at radius 3 is 2.45 bits per heavy atom. The molecule has 1 aliphatic rings. The third-order valence-corrected chi connectivity index (χ3v) is 5.68. The molecule has 20 heavy (non-hydrogen) atoms. The summed E-state index contributed by atoms with van der Waals surface area (Å²) in [6.45, 7) is 4.23. The van der Waals surface area contributed by atoms with E-state index in [0.29, 0.717) is 31.1 Å². The van der Waals surface area contributed by atoms with Gasteiger partial charge in [0.15, 0.2) is 11.4 Å². The molecule has 0 saturated carbocycles. The van der Waals surface area contributed by atoms with E-state index in [0.717, 1.165) is 30.0 Å². The summed E-state index contributed by atoms with van der Waals surface area (Å²) in [4.78, 5) is 18.3. The van der Waals surface area contributed by atoms with Crippen LogP contribution in [0.5, 0.6) is 0 Å². The fourth-order valence-corrected chi connectivity index (χ4v) is 4.01. The minimum Gasteiger partial charge on any atom is -0.345 e. The molecule has 1 saturated heterocycles. The van der Waals surface area contributed by atoms with Gasteiger partial charge in [0.1, 0.15) is 0 Å². The van der Waals surface area contributed by atoms with Crippen molar-refractivity contribution >= 4 is 32.8 Å². The van der Waals surface area contributed by atoms with Gasteiger partial charge in [0, 0.05) is 26.2 Å². The lowest BCUT2D eigenvalue weighted by atomic mass is 10.2. The van der Waals surface area contributed by atoms with Gasteiger partial charge in [-0.25, -0.2) is 13.4 Å². The van der Waals surface area contributed by atoms with Gasteiger partial charge in [-0.2, -0.15) is 4.31 Å². The number of aryl methyl sites for hydroxylation is 1. The van der Waals surface area contributed by atoms with Gasteiger partial charge in [-0.05, 0) is 6.42 Å². The van der Waals surface area contributed by atoms with Gasteiger partial charge in [-0.15, -0.1) is 0 Å². The van der Waals surface area contributed by atoms with Crippen LogP contribution in [0, 0.1) is 0 Å². The largest absolute Gasteiger partial charge is 0.345 e. The molecular formula is C12H19N3O3S2. The lowest BCUT2D eigenvalue weighted by Crippen LogP contribution is -2.48. The number of nitrogens with zero attached hydrogens (tertiary/aromatic N) is 3. The molecule has 8 heteroatoms. The molecule has 0 N–H and O–H groups in total. The lowest BCUT2D eigenvalue weighted by molar-refractivity contribution is 0.112. The Labute approximate surface area is 123 Å². The van der Waals surface area contributed by atoms with Crippen molar-refractivity contribution in [2.75, 3.05) is 37.3 Å². The van der Waals surface area contributed by atoms with Gasteiger partial charge < -0.3 is 4.90 Å². The number of hydrogen-bond acceptors (Lipinski definition) is 6. The van der Waals surface area contributed by atoms with E-state index in [1.807, 2.05) is 0 Å². The first-order chi connectivity index (χ1) is 9.45. The Hall–Kier alpha value is -0.990. The molecule has 0 bridgehead atoms. The minimum absolute atomic E-state index is 0.470. The third-order valence-electron chi connectivity index (χ3n) is 3.29. The molecule has 2 rings (SSSR count). The van der Waals surface area contributed by atoms with Crippen LogP contribution in [-0.4, -0.2) is 56.4 Å². The van der Waals surface area contributed by atoms with E-state index >= 15 is 0 Å². The number of carbonyl (C=O) groups is 1. The van der Waals surface area contributed by atoms with E-state index in [9.17, 15) is 13.2 Å². The number of piperazine rings is 1. The van der Waals surface area contributed by atoms with Gasteiger partial charge >= 0.3 is 0 Å². The Bertz CT molecular complexity index is 575. The summed E-state index contributed by atoms with van der Waals surface area (Å²) in [6.07, 6.45) is 3.84. The summed E-state index contributed by atoms with van der Waals surface area (Å²) >= 11 is 1.39. The number of sulfonamides is 1. The van der Waals surface area contributed by atoms with Crippen LogP contribution in [-0.2, 0) is 16.4 Å². The van der Waals surface area contributed by atoms with Gasteiger partial charge in [0.2, 0.25) is 10.0 Å². The van der Waals surface area contributed by atoms with Crippen LogP contribution in [0.1, 0.15) is 28.7 Å². The molecular weight excluding hydrogens is 298 g/mol. The second-order valence-electron chi connectivity index (χ2n) is 4.82. The zero-order valence-corrected chi connectivity index (χ0v) is 13.3. The third kappa shape index (κ3) is 3.36. The molecule has 1 aliphatic heterocycles. The first-order valence-electron chi connectivity index (χ1n) is 6.60. The number of carbonyl (C=O) groups excluding carboxylic acids is 1.